The molecule has 5 nitrogen and oxygen atoms in total. The Labute approximate surface area is 143 Å². The Bertz CT molecular complexity index is 740. The van der Waals surface area contributed by atoms with E-state index in [2.05, 4.69) is 15.4 Å². The second kappa shape index (κ2) is 7.25. The number of fused-ring (bicyclic) bond motifs is 1. The lowest BCUT2D eigenvalue weighted by Crippen LogP contribution is -2.14. The molecule has 1 N–H and O–H groups in total. The van der Waals surface area contributed by atoms with Crippen molar-refractivity contribution in [1.29, 1.82) is 0 Å². The summed E-state index contributed by atoms with van der Waals surface area (Å²) in [4.78, 5) is 15.8. The maximum atomic E-state index is 13.1. The Morgan fingerprint density at radius 3 is 2.80 bits per heavy atom. The molecule has 2 aromatic rings. The minimum atomic E-state index is -4.43. The summed E-state index contributed by atoms with van der Waals surface area (Å²) in [5.41, 5.74) is 0.843. The van der Waals surface area contributed by atoms with Gasteiger partial charge < -0.3 is 5.32 Å². The number of hydrogen-bond donors (Lipinski definition) is 1. The molecule has 0 atom stereocenters. The van der Waals surface area contributed by atoms with Gasteiger partial charge in [-0.3, -0.25) is 14.5 Å². The zero-order valence-electron chi connectivity index (χ0n) is 13.6. The summed E-state index contributed by atoms with van der Waals surface area (Å²) < 4.78 is 40.8. The molecule has 1 amide bonds. The van der Waals surface area contributed by atoms with Crippen LogP contribution in [0.4, 0.5) is 18.9 Å². The molecule has 0 aromatic carbocycles. The van der Waals surface area contributed by atoms with Crippen LogP contribution in [0.2, 0.25) is 0 Å². The van der Waals surface area contributed by atoms with Crippen molar-refractivity contribution < 1.29 is 18.0 Å². The second-order valence-electron chi connectivity index (χ2n) is 6.10. The van der Waals surface area contributed by atoms with Crippen molar-refractivity contribution in [3.05, 3.63) is 41.5 Å². The maximum absolute atomic E-state index is 13.1. The number of nitrogens with zero attached hydrogens (tertiary/aromatic N) is 3. The highest BCUT2D eigenvalue weighted by atomic mass is 19.4. The van der Waals surface area contributed by atoms with Crippen LogP contribution in [-0.2, 0) is 30.4 Å². The Hall–Kier alpha value is -2.38. The summed E-state index contributed by atoms with van der Waals surface area (Å²) in [6, 6.07) is 3.44. The lowest BCUT2D eigenvalue weighted by molar-refractivity contribution is -0.142. The molecular formula is C17H19F3N4O. The molecule has 0 fully saturated rings. The third kappa shape index (κ3) is 4.18. The highest BCUT2D eigenvalue weighted by molar-refractivity contribution is 5.90. The molecule has 2 heterocycles. The van der Waals surface area contributed by atoms with E-state index in [1.165, 1.54) is 10.9 Å². The fraction of sp³-hybridized carbons (Fsp3) is 0.471. The molecular weight excluding hydrogens is 333 g/mol. The first-order valence-electron chi connectivity index (χ1n) is 8.31. The van der Waals surface area contributed by atoms with Gasteiger partial charge in [-0.25, -0.2) is 0 Å². The average Bonchev–Trinajstić information content (AvgIpc) is 2.95. The lowest BCUT2D eigenvalue weighted by Gasteiger charge is -2.14. The number of pyridine rings is 1. The van der Waals surface area contributed by atoms with Crippen molar-refractivity contribution in [2.75, 3.05) is 5.32 Å². The third-order valence-corrected chi connectivity index (χ3v) is 4.24. The number of anilines is 1. The summed E-state index contributed by atoms with van der Waals surface area (Å²) in [6.45, 7) is 0.304. The van der Waals surface area contributed by atoms with Crippen LogP contribution in [0.1, 0.15) is 42.6 Å². The van der Waals surface area contributed by atoms with E-state index in [0.717, 1.165) is 12.8 Å². The van der Waals surface area contributed by atoms with Gasteiger partial charge in [0.1, 0.15) is 0 Å². The predicted octanol–water partition coefficient (Wildman–Crippen LogP) is 3.59. The van der Waals surface area contributed by atoms with Gasteiger partial charge in [-0.15, -0.1) is 0 Å². The number of rotatable bonds is 5. The van der Waals surface area contributed by atoms with E-state index >= 15 is 0 Å². The summed E-state index contributed by atoms with van der Waals surface area (Å²) in [5.74, 6) is -0.190. The van der Waals surface area contributed by atoms with Gasteiger partial charge in [0.05, 0.1) is 11.9 Å². The summed E-state index contributed by atoms with van der Waals surface area (Å²) >= 11 is 0. The van der Waals surface area contributed by atoms with Gasteiger partial charge >= 0.3 is 6.18 Å². The topological polar surface area (TPSA) is 59.8 Å². The molecule has 0 radical (unpaired) electrons. The van der Waals surface area contributed by atoms with E-state index in [1.807, 2.05) is 0 Å². The highest BCUT2D eigenvalue weighted by Gasteiger charge is 2.39. The molecule has 0 aliphatic heterocycles. The van der Waals surface area contributed by atoms with Crippen LogP contribution in [0, 0.1) is 0 Å². The number of carbonyl (C=O) groups is 1. The van der Waals surface area contributed by atoms with Crippen LogP contribution in [0.15, 0.2) is 24.5 Å². The van der Waals surface area contributed by atoms with Gasteiger partial charge in [0.25, 0.3) is 0 Å². The Morgan fingerprint density at radius 2 is 2.08 bits per heavy atom. The van der Waals surface area contributed by atoms with E-state index in [9.17, 15) is 18.0 Å². The average molecular weight is 352 g/mol. The number of alkyl halides is 3. The number of aromatic nitrogens is 3. The minimum Gasteiger partial charge on any atom is -0.325 e. The summed E-state index contributed by atoms with van der Waals surface area (Å²) in [5, 5.41) is 6.50. The van der Waals surface area contributed by atoms with Crippen molar-refractivity contribution in [2.24, 2.45) is 0 Å². The molecule has 1 aliphatic rings. The Morgan fingerprint density at radius 1 is 1.28 bits per heavy atom. The molecule has 0 bridgehead atoms. The first kappa shape index (κ1) is 17.4. The van der Waals surface area contributed by atoms with Crippen LogP contribution in [-0.4, -0.2) is 20.7 Å². The molecule has 25 heavy (non-hydrogen) atoms. The smallest absolute Gasteiger partial charge is 0.325 e. The molecule has 0 saturated heterocycles. The van der Waals surface area contributed by atoms with Crippen molar-refractivity contribution >= 4 is 11.6 Å². The number of amides is 1. The van der Waals surface area contributed by atoms with E-state index in [0.29, 0.717) is 42.8 Å². The van der Waals surface area contributed by atoms with E-state index in [4.69, 9.17) is 0 Å². The van der Waals surface area contributed by atoms with Gasteiger partial charge in [0.2, 0.25) is 5.91 Å². The van der Waals surface area contributed by atoms with Gasteiger partial charge in [0.15, 0.2) is 5.69 Å². The molecule has 0 unspecified atom stereocenters. The molecule has 0 saturated carbocycles. The Kier molecular flexibility index (Phi) is 5.06. The quantitative estimate of drug-likeness (QED) is 0.894. The second-order valence-corrected chi connectivity index (χ2v) is 6.10. The van der Waals surface area contributed by atoms with E-state index < -0.39 is 11.9 Å². The predicted molar refractivity (Wildman–Crippen MR) is 86.0 cm³/mol. The van der Waals surface area contributed by atoms with E-state index in [-0.39, 0.29) is 12.3 Å². The number of carbonyl (C=O) groups excluding carboxylic acids is 1. The first-order chi connectivity index (χ1) is 11.9. The monoisotopic (exact) mass is 352 g/mol. The Balaban J connectivity index is 1.62. The standard InChI is InChI=1S/C17H19F3N4O/c18-17(19,20)16-13-6-1-2-7-14(13)24(23-16)10-4-8-15(25)22-12-5-3-9-21-11-12/h3,5,9,11H,1-2,4,6-8,10H2,(H,22,25). The number of aryl methyl sites for hydroxylation is 1. The van der Waals surface area contributed by atoms with Gasteiger partial charge in [0, 0.05) is 30.4 Å². The van der Waals surface area contributed by atoms with Crippen LogP contribution in [0.3, 0.4) is 0 Å². The molecule has 2 aromatic heterocycles. The van der Waals surface area contributed by atoms with Crippen LogP contribution in [0.25, 0.3) is 0 Å². The highest BCUT2D eigenvalue weighted by Crippen LogP contribution is 2.35. The molecule has 134 valence electrons. The molecule has 1 aliphatic carbocycles. The fourth-order valence-electron chi connectivity index (χ4n) is 3.13. The van der Waals surface area contributed by atoms with Crippen LogP contribution in [0.5, 0.6) is 0 Å². The van der Waals surface area contributed by atoms with Gasteiger partial charge in [-0.2, -0.15) is 18.3 Å². The van der Waals surface area contributed by atoms with Crippen molar-refractivity contribution in [2.45, 2.75) is 51.2 Å². The summed E-state index contributed by atoms with van der Waals surface area (Å²) in [6.07, 6.45) is 2.03. The number of hydrogen-bond acceptors (Lipinski definition) is 3. The molecule has 8 heteroatoms. The molecule has 0 spiro atoms. The van der Waals surface area contributed by atoms with E-state index in [1.54, 1.807) is 18.3 Å². The number of halogens is 3. The first-order valence-corrected chi connectivity index (χ1v) is 8.31. The van der Waals surface area contributed by atoms with Gasteiger partial charge in [-0.05, 0) is 44.2 Å². The zero-order valence-corrected chi connectivity index (χ0v) is 13.6. The zero-order chi connectivity index (χ0) is 17.9. The van der Waals surface area contributed by atoms with Crippen molar-refractivity contribution in [1.82, 2.24) is 14.8 Å². The minimum absolute atomic E-state index is 0.190. The molecule has 3 rings (SSSR count). The fourth-order valence-corrected chi connectivity index (χ4v) is 3.13. The number of nitrogens with one attached hydrogen (secondary N) is 1. The van der Waals surface area contributed by atoms with Gasteiger partial charge in [-0.1, -0.05) is 0 Å². The lowest BCUT2D eigenvalue weighted by atomic mass is 9.95. The summed E-state index contributed by atoms with van der Waals surface area (Å²) in [7, 11) is 0. The van der Waals surface area contributed by atoms with Crippen LogP contribution >= 0.6 is 0 Å². The van der Waals surface area contributed by atoms with Crippen LogP contribution < -0.4 is 5.32 Å². The third-order valence-electron chi connectivity index (χ3n) is 4.24. The normalized spacial score (nSPS) is 14.2. The maximum Gasteiger partial charge on any atom is 0.435 e. The van der Waals surface area contributed by atoms with Crippen molar-refractivity contribution in [3.8, 4) is 0 Å². The van der Waals surface area contributed by atoms with Crippen molar-refractivity contribution in [3.63, 3.8) is 0 Å². The largest absolute Gasteiger partial charge is 0.435 e. The SMILES string of the molecule is O=C(CCCn1nc(C(F)(F)F)c2c1CCCC2)Nc1cccnc1.